The van der Waals surface area contributed by atoms with Gasteiger partial charge in [-0.3, -0.25) is 4.79 Å². The Morgan fingerprint density at radius 2 is 1.96 bits per heavy atom. The van der Waals surface area contributed by atoms with Gasteiger partial charge in [0.1, 0.15) is 5.75 Å². The van der Waals surface area contributed by atoms with Crippen molar-refractivity contribution in [1.82, 2.24) is 0 Å². The molecule has 24 heavy (non-hydrogen) atoms. The maximum atomic E-state index is 12.8. The highest BCUT2D eigenvalue weighted by Crippen LogP contribution is 2.36. The maximum Gasteiger partial charge on any atom is 0.268 e. The molecule has 0 aromatic heterocycles. The number of nitrogens with two attached hydrogens (primary N) is 1. The summed E-state index contributed by atoms with van der Waals surface area (Å²) < 4.78 is 5.92. The number of hydrogen-bond acceptors (Lipinski definition) is 4. The quantitative estimate of drug-likeness (QED) is 0.845. The molecule has 0 aliphatic carbocycles. The molecule has 3 N–H and O–H groups in total. The van der Waals surface area contributed by atoms with Gasteiger partial charge in [-0.2, -0.15) is 0 Å². The van der Waals surface area contributed by atoms with Gasteiger partial charge < -0.3 is 20.5 Å². The Morgan fingerprint density at radius 3 is 2.67 bits per heavy atom. The molecule has 1 unspecified atom stereocenters. The van der Waals surface area contributed by atoms with E-state index in [4.69, 9.17) is 10.5 Å². The van der Waals surface area contributed by atoms with Gasteiger partial charge in [0.25, 0.3) is 5.91 Å². The molecule has 5 nitrogen and oxygen atoms in total. The van der Waals surface area contributed by atoms with Crippen molar-refractivity contribution in [3.05, 3.63) is 53.1 Å². The Kier molecular flexibility index (Phi) is 4.44. The van der Waals surface area contributed by atoms with E-state index in [1.54, 1.807) is 23.1 Å². The molecule has 0 radical (unpaired) electrons. The summed E-state index contributed by atoms with van der Waals surface area (Å²) in [7, 11) is 0. The lowest BCUT2D eigenvalue weighted by atomic mass is 10.0. The molecule has 1 aliphatic rings. The number of amides is 1. The van der Waals surface area contributed by atoms with E-state index in [9.17, 15) is 9.90 Å². The first-order valence-electron chi connectivity index (χ1n) is 8.04. The molecule has 0 spiro atoms. The largest absolute Gasteiger partial charge is 0.478 e. The second kappa shape index (κ2) is 6.53. The lowest BCUT2D eigenvalue weighted by Gasteiger charge is -2.34. The number of anilines is 2. The molecule has 126 valence electrons. The predicted octanol–water partition coefficient (Wildman–Crippen LogP) is 2.21. The molecule has 1 atom stereocenters. The Morgan fingerprint density at radius 1 is 1.17 bits per heavy atom. The number of aryl methyl sites for hydroxylation is 2. The molecule has 2 aromatic rings. The molecule has 5 heteroatoms. The van der Waals surface area contributed by atoms with Crippen LogP contribution in [-0.4, -0.2) is 30.3 Å². The maximum absolute atomic E-state index is 12.8. The van der Waals surface area contributed by atoms with Crippen molar-refractivity contribution >= 4 is 17.3 Å². The molecule has 0 saturated carbocycles. The highest BCUT2D eigenvalue weighted by Gasteiger charge is 2.34. The number of carbonyl (C=O) groups is 1. The van der Waals surface area contributed by atoms with Gasteiger partial charge in [0, 0.05) is 18.7 Å². The van der Waals surface area contributed by atoms with Crippen molar-refractivity contribution in [2.45, 2.75) is 26.4 Å². The first-order chi connectivity index (χ1) is 11.5. The number of carbonyl (C=O) groups excluding carboxylic acids is 1. The Balaban J connectivity index is 1.90. The average molecular weight is 326 g/mol. The standard InChI is InChI=1S/C19H22N2O3/c1-12-3-4-14(9-13(12)2)10-18-19(23)21(7-8-22)16-11-15(20)5-6-17(16)24-18/h3-6,9,11,18,22H,7-8,10,20H2,1-2H3. The van der Waals surface area contributed by atoms with E-state index in [0.717, 1.165) is 5.56 Å². The number of hydrogen-bond donors (Lipinski definition) is 2. The molecule has 0 bridgehead atoms. The number of aliphatic hydroxyl groups is 1. The van der Waals surface area contributed by atoms with E-state index in [1.165, 1.54) is 11.1 Å². The summed E-state index contributed by atoms with van der Waals surface area (Å²) >= 11 is 0. The third-order valence-corrected chi connectivity index (χ3v) is 4.40. The number of fused-ring (bicyclic) bond motifs is 1. The van der Waals surface area contributed by atoms with Gasteiger partial charge in [0.15, 0.2) is 6.10 Å². The van der Waals surface area contributed by atoms with Crippen LogP contribution in [0.5, 0.6) is 5.75 Å². The van der Waals surface area contributed by atoms with Crippen LogP contribution in [0.25, 0.3) is 0 Å². The Bertz CT molecular complexity index is 773. The smallest absolute Gasteiger partial charge is 0.268 e. The fraction of sp³-hybridized carbons (Fsp3) is 0.316. The molecule has 1 aliphatic heterocycles. The Hall–Kier alpha value is -2.53. The summed E-state index contributed by atoms with van der Waals surface area (Å²) in [6, 6.07) is 11.4. The number of β-amino-alcohol motifs (C(OH)–C–C–N with tert-alkyl or cyclic N) is 1. The number of benzene rings is 2. The molecule has 0 saturated heterocycles. The van der Waals surface area contributed by atoms with Crippen LogP contribution in [0, 0.1) is 13.8 Å². The van der Waals surface area contributed by atoms with Gasteiger partial charge in [-0.1, -0.05) is 18.2 Å². The third-order valence-electron chi connectivity index (χ3n) is 4.40. The number of nitrogens with zero attached hydrogens (tertiary/aromatic N) is 1. The monoisotopic (exact) mass is 326 g/mol. The van der Waals surface area contributed by atoms with Crippen molar-refractivity contribution in [2.24, 2.45) is 0 Å². The van der Waals surface area contributed by atoms with Crippen LogP contribution in [0.15, 0.2) is 36.4 Å². The highest BCUT2D eigenvalue weighted by molar-refractivity contribution is 6.00. The van der Waals surface area contributed by atoms with Gasteiger partial charge in [0.2, 0.25) is 0 Å². The molecule has 2 aromatic carbocycles. The minimum Gasteiger partial charge on any atom is -0.478 e. The third kappa shape index (κ3) is 3.08. The van der Waals surface area contributed by atoms with E-state index in [2.05, 4.69) is 26.0 Å². The van der Waals surface area contributed by atoms with Crippen molar-refractivity contribution in [2.75, 3.05) is 23.8 Å². The molecule has 1 amide bonds. The van der Waals surface area contributed by atoms with Crippen molar-refractivity contribution in [3.63, 3.8) is 0 Å². The summed E-state index contributed by atoms with van der Waals surface area (Å²) in [4.78, 5) is 14.4. The molecule has 3 rings (SSSR count). The van der Waals surface area contributed by atoms with Gasteiger partial charge in [-0.05, 0) is 48.7 Å². The zero-order valence-electron chi connectivity index (χ0n) is 14.0. The number of nitrogen functional groups attached to an aromatic ring is 1. The van der Waals surface area contributed by atoms with Crippen LogP contribution >= 0.6 is 0 Å². The summed E-state index contributed by atoms with van der Waals surface area (Å²) in [6.07, 6.45) is -0.110. The van der Waals surface area contributed by atoms with Gasteiger partial charge in [0.05, 0.1) is 12.3 Å². The summed E-state index contributed by atoms with van der Waals surface area (Å²) in [5.74, 6) is 0.464. The zero-order valence-corrected chi connectivity index (χ0v) is 14.0. The summed E-state index contributed by atoms with van der Waals surface area (Å²) in [5, 5.41) is 9.31. The Labute approximate surface area is 141 Å². The van der Waals surface area contributed by atoms with E-state index >= 15 is 0 Å². The van der Waals surface area contributed by atoms with Crippen LogP contribution in [0.4, 0.5) is 11.4 Å². The fourth-order valence-electron chi connectivity index (χ4n) is 2.95. The van der Waals surface area contributed by atoms with Gasteiger partial charge >= 0.3 is 0 Å². The van der Waals surface area contributed by atoms with Crippen LogP contribution in [-0.2, 0) is 11.2 Å². The van der Waals surface area contributed by atoms with E-state index in [1.807, 2.05) is 6.07 Å². The highest BCUT2D eigenvalue weighted by atomic mass is 16.5. The second-order valence-corrected chi connectivity index (χ2v) is 6.17. The first kappa shape index (κ1) is 16.3. The van der Waals surface area contributed by atoms with E-state index < -0.39 is 6.10 Å². The minimum absolute atomic E-state index is 0.115. The number of ether oxygens (including phenoxy) is 1. The zero-order chi connectivity index (χ0) is 17.3. The van der Waals surface area contributed by atoms with E-state index in [-0.39, 0.29) is 19.1 Å². The summed E-state index contributed by atoms with van der Waals surface area (Å²) in [6.45, 7) is 4.22. The van der Waals surface area contributed by atoms with Crippen molar-refractivity contribution in [1.29, 1.82) is 0 Å². The van der Waals surface area contributed by atoms with Crippen LogP contribution < -0.4 is 15.4 Å². The minimum atomic E-state index is -0.602. The molecular formula is C19H22N2O3. The molecule has 0 fully saturated rings. The summed E-state index contributed by atoms with van der Waals surface area (Å²) in [5.41, 5.74) is 10.5. The fourth-order valence-corrected chi connectivity index (χ4v) is 2.95. The van der Waals surface area contributed by atoms with E-state index in [0.29, 0.717) is 23.5 Å². The van der Waals surface area contributed by atoms with Gasteiger partial charge in [-0.25, -0.2) is 0 Å². The van der Waals surface area contributed by atoms with Crippen molar-refractivity contribution < 1.29 is 14.6 Å². The lowest BCUT2D eigenvalue weighted by molar-refractivity contribution is -0.126. The van der Waals surface area contributed by atoms with Gasteiger partial charge in [-0.15, -0.1) is 0 Å². The topological polar surface area (TPSA) is 75.8 Å². The number of rotatable bonds is 4. The molecule has 1 heterocycles. The average Bonchev–Trinajstić information content (AvgIpc) is 2.55. The van der Waals surface area contributed by atoms with Crippen LogP contribution in [0.3, 0.4) is 0 Å². The van der Waals surface area contributed by atoms with Crippen molar-refractivity contribution in [3.8, 4) is 5.75 Å². The first-order valence-corrected chi connectivity index (χ1v) is 8.04. The second-order valence-electron chi connectivity index (χ2n) is 6.17. The van der Waals surface area contributed by atoms with Crippen LogP contribution in [0.2, 0.25) is 0 Å². The lowest BCUT2D eigenvalue weighted by Crippen LogP contribution is -2.48. The van der Waals surface area contributed by atoms with Crippen LogP contribution in [0.1, 0.15) is 16.7 Å². The normalized spacial score (nSPS) is 16.7. The molecular weight excluding hydrogens is 304 g/mol. The number of aliphatic hydroxyl groups excluding tert-OH is 1. The SMILES string of the molecule is Cc1ccc(CC2Oc3ccc(N)cc3N(CCO)C2=O)cc1C. The predicted molar refractivity (Wildman–Crippen MR) is 94.3 cm³/mol.